The van der Waals surface area contributed by atoms with Crippen molar-refractivity contribution < 1.29 is 13.2 Å². The minimum atomic E-state index is -3.24. The average molecular weight is 353 g/mol. The van der Waals surface area contributed by atoms with Crippen molar-refractivity contribution in [1.29, 1.82) is 0 Å². The van der Waals surface area contributed by atoms with Gasteiger partial charge in [-0.25, -0.2) is 13.4 Å². The zero-order valence-electron chi connectivity index (χ0n) is 13.1. The number of hydrogen-bond donors (Lipinski definition) is 0. The Morgan fingerprint density at radius 3 is 2.48 bits per heavy atom. The van der Waals surface area contributed by atoms with Crippen LogP contribution in [0.25, 0.3) is 11.3 Å². The second kappa shape index (κ2) is 6.46. The molecule has 1 aliphatic rings. The number of nitrogens with zero attached hydrogens (tertiary/aromatic N) is 3. The molecule has 0 N–H and O–H groups in total. The van der Waals surface area contributed by atoms with Gasteiger partial charge in [0.05, 0.1) is 30.9 Å². The summed E-state index contributed by atoms with van der Waals surface area (Å²) < 4.78 is 29.7. The molecule has 1 fully saturated rings. The van der Waals surface area contributed by atoms with E-state index < -0.39 is 10.0 Å². The van der Waals surface area contributed by atoms with E-state index in [4.69, 9.17) is 4.74 Å². The van der Waals surface area contributed by atoms with Crippen LogP contribution in [0, 0.1) is 0 Å². The number of ether oxygens (including phenoxy) is 1. The van der Waals surface area contributed by atoms with Gasteiger partial charge in [-0.3, -0.25) is 4.31 Å². The molecule has 2 aromatic rings. The normalized spacial score (nSPS) is 15.7. The predicted octanol–water partition coefficient (Wildman–Crippen LogP) is 2.04. The number of thiazole rings is 1. The van der Waals surface area contributed by atoms with E-state index in [1.807, 2.05) is 17.5 Å². The summed E-state index contributed by atoms with van der Waals surface area (Å²) in [6.07, 6.45) is 1.19. The summed E-state index contributed by atoms with van der Waals surface area (Å²) in [5.74, 6) is 0. The molecule has 0 bridgehead atoms. The lowest BCUT2D eigenvalue weighted by atomic mass is 10.1. The molecule has 1 aliphatic heterocycles. The molecule has 3 rings (SSSR count). The fourth-order valence-electron chi connectivity index (χ4n) is 2.33. The van der Waals surface area contributed by atoms with Crippen LogP contribution in [0.4, 0.5) is 10.8 Å². The Morgan fingerprint density at radius 2 is 1.87 bits per heavy atom. The molecule has 0 unspecified atom stereocenters. The highest BCUT2D eigenvalue weighted by molar-refractivity contribution is 7.92. The molecule has 1 saturated heterocycles. The second-order valence-electron chi connectivity index (χ2n) is 5.39. The third kappa shape index (κ3) is 3.65. The molecule has 23 heavy (non-hydrogen) atoms. The van der Waals surface area contributed by atoms with Gasteiger partial charge in [0.25, 0.3) is 0 Å². The third-order valence-corrected chi connectivity index (χ3v) is 5.90. The van der Waals surface area contributed by atoms with Crippen LogP contribution in [0.2, 0.25) is 0 Å². The van der Waals surface area contributed by atoms with Gasteiger partial charge >= 0.3 is 0 Å². The molecule has 0 radical (unpaired) electrons. The second-order valence-corrected chi connectivity index (χ2v) is 8.24. The van der Waals surface area contributed by atoms with Gasteiger partial charge in [0.15, 0.2) is 5.13 Å². The minimum absolute atomic E-state index is 0.639. The number of aromatic nitrogens is 1. The number of morpholine rings is 1. The van der Waals surface area contributed by atoms with Gasteiger partial charge < -0.3 is 9.64 Å². The van der Waals surface area contributed by atoms with Crippen LogP contribution in [0.3, 0.4) is 0 Å². The predicted molar refractivity (Wildman–Crippen MR) is 93.8 cm³/mol. The molecule has 1 aromatic heterocycles. The molecule has 0 amide bonds. The molecular weight excluding hydrogens is 334 g/mol. The van der Waals surface area contributed by atoms with Gasteiger partial charge in [-0.2, -0.15) is 0 Å². The molecule has 1 aromatic carbocycles. The maximum absolute atomic E-state index is 11.6. The standard InChI is InChI=1S/C15H19N3O3S2/c1-17(23(2,19)20)13-5-3-12(4-6-13)14-11-22-15(16-14)18-7-9-21-10-8-18/h3-6,11H,7-10H2,1-2H3. The molecule has 0 saturated carbocycles. The van der Waals surface area contributed by atoms with Crippen molar-refractivity contribution in [2.75, 3.05) is 48.8 Å². The van der Waals surface area contributed by atoms with E-state index in [0.29, 0.717) is 5.69 Å². The number of rotatable bonds is 4. The molecule has 2 heterocycles. The number of anilines is 2. The van der Waals surface area contributed by atoms with Crippen molar-refractivity contribution >= 4 is 32.2 Å². The van der Waals surface area contributed by atoms with E-state index in [2.05, 4.69) is 9.88 Å². The van der Waals surface area contributed by atoms with Crippen LogP contribution in [0.5, 0.6) is 0 Å². The van der Waals surface area contributed by atoms with Crippen molar-refractivity contribution in [3.05, 3.63) is 29.6 Å². The highest BCUT2D eigenvalue weighted by Crippen LogP contribution is 2.29. The van der Waals surface area contributed by atoms with Crippen LogP contribution in [-0.4, -0.2) is 53.0 Å². The summed E-state index contributed by atoms with van der Waals surface area (Å²) in [6.45, 7) is 3.21. The van der Waals surface area contributed by atoms with Crippen LogP contribution in [-0.2, 0) is 14.8 Å². The van der Waals surface area contributed by atoms with Crippen LogP contribution < -0.4 is 9.21 Å². The Hall–Kier alpha value is -1.64. The number of sulfonamides is 1. The molecule has 6 nitrogen and oxygen atoms in total. The summed E-state index contributed by atoms with van der Waals surface area (Å²) in [6, 6.07) is 7.39. The minimum Gasteiger partial charge on any atom is -0.378 e. The van der Waals surface area contributed by atoms with E-state index in [0.717, 1.165) is 42.7 Å². The lowest BCUT2D eigenvalue weighted by Crippen LogP contribution is -2.36. The number of benzene rings is 1. The van der Waals surface area contributed by atoms with Gasteiger partial charge in [0.1, 0.15) is 0 Å². The van der Waals surface area contributed by atoms with Crippen molar-refractivity contribution in [3.8, 4) is 11.3 Å². The van der Waals surface area contributed by atoms with Gasteiger partial charge in [-0.15, -0.1) is 11.3 Å². The SMILES string of the molecule is CN(c1ccc(-c2csc(N3CCOCC3)n2)cc1)S(C)(=O)=O. The Morgan fingerprint density at radius 1 is 1.22 bits per heavy atom. The zero-order chi connectivity index (χ0) is 16.4. The fraction of sp³-hybridized carbons (Fsp3) is 0.400. The summed E-state index contributed by atoms with van der Waals surface area (Å²) >= 11 is 1.62. The van der Waals surface area contributed by atoms with E-state index in [9.17, 15) is 8.42 Å². The smallest absolute Gasteiger partial charge is 0.231 e. The lowest BCUT2D eigenvalue weighted by molar-refractivity contribution is 0.122. The summed E-state index contributed by atoms with van der Waals surface area (Å²) in [7, 11) is -1.70. The summed E-state index contributed by atoms with van der Waals surface area (Å²) in [4.78, 5) is 6.91. The monoisotopic (exact) mass is 353 g/mol. The lowest BCUT2D eigenvalue weighted by Gasteiger charge is -2.26. The Bertz CT molecular complexity index is 766. The van der Waals surface area contributed by atoms with E-state index in [1.54, 1.807) is 30.5 Å². The van der Waals surface area contributed by atoms with Crippen molar-refractivity contribution in [3.63, 3.8) is 0 Å². The molecule has 0 spiro atoms. The highest BCUT2D eigenvalue weighted by atomic mass is 32.2. The van der Waals surface area contributed by atoms with Gasteiger partial charge in [0, 0.05) is 31.1 Å². The highest BCUT2D eigenvalue weighted by Gasteiger charge is 2.16. The first kappa shape index (κ1) is 16.2. The van der Waals surface area contributed by atoms with Gasteiger partial charge in [-0.05, 0) is 12.1 Å². The van der Waals surface area contributed by atoms with Crippen LogP contribution in [0.15, 0.2) is 29.6 Å². The molecule has 0 atom stereocenters. The topological polar surface area (TPSA) is 62.7 Å². The van der Waals surface area contributed by atoms with Crippen molar-refractivity contribution in [2.24, 2.45) is 0 Å². The average Bonchev–Trinajstić information content (AvgIpc) is 3.04. The van der Waals surface area contributed by atoms with Crippen LogP contribution in [0.1, 0.15) is 0 Å². The quantitative estimate of drug-likeness (QED) is 0.842. The Balaban J connectivity index is 1.78. The van der Waals surface area contributed by atoms with E-state index >= 15 is 0 Å². The van der Waals surface area contributed by atoms with Crippen LogP contribution >= 0.6 is 11.3 Å². The van der Waals surface area contributed by atoms with Gasteiger partial charge in [0.2, 0.25) is 10.0 Å². The Kier molecular flexibility index (Phi) is 4.56. The third-order valence-electron chi connectivity index (χ3n) is 3.80. The molecule has 124 valence electrons. The molecule has 0 aliphatic carbocycles. The van der Waals surface area contributed by atoms with E-state index in [-0.39, 0.29) is 0 Å². The van der Waals surface area contributed by atoms with E-state index in [1.165, 1.54) is 10.6 Å². The first-order valence-corrected chi connectivity index (χ1v) is 10.0. The molecular formula is C15H19N3O3S2. The first-order valence-electron chi connectivity index (χ1n) is 7.28. The van der Waals surface area contributed by atoms with Crippen molar-refractivity contribution in [1.82, 2.24) is 4.98 Å². The molecule has 8 heteroatoms. The maximum Gasteiger partial charge on any atom is 0.231 e. The summed E-state index contributed by atoms with van der Waals surface area (Å²) in [5.41, 5.74) is 2.52. The Labute approximate surface area is 140 Å². The first-order chi connectivity index (χ1) is 10.9. The zero-order valence-corrected chi connectivity index (χ0v) is 14.7. The largest absolute Gasteiger partial charge is 0.378 e. The fourth-order valence-corrected chi connectivity index (χ4v) is 3.72. The van der Waals surface area contributed by atoms with Gasteiger partial charge in [-0.1, -0.05) is 12.1 Å². The van der Waals surface area contributed by atoms with Crippen molar-refractivity contribution in [2.45, 2.75) is 0 Å². The maximum atomic E-state index is 11.6. The number of hydrogen-bond acceptors (Lipinski definition) is 6. The summed E-state index contributed by atoms with van der Waals surface area (Å²) in [5, 5.41) is 3.03.